The fourth-order valence-corrected chi connectivity index (χ4v) is 7.48. The van der Waals surface area contributed by atoms with Gasteiger partial charge >= 0.3 is 9.28 Å². The van der Waals surface area contributed by atoms with E-state index in [0.717, 1.165) is 0 Å². The van der Waals surface area contributed by atoms with E-state index in [1.807, 2.05) is 19.6 Å². The van der Waals surface area contributed by atoms with Crippen molar-refractivity contribution in [2.45, 2.75) is 19.6 Å². The van der Waals surface area contributed by atoms with Crippen LogP contribution in [0, 0.1) is 0 Å². The van der Waals surface area contributed by atoms with Crippen LogP contribution in [0.15, 0.2) is 0 Å². The van der Waals surface area contributed by atoms with Crippen LogP contribution in [0.3, 0.4) is 0 Å². The lowest BCUT2D eigenvalue weighted by Crippen LogP contribution is -2.31. The van der Waals surface area contributed by atoms with Crippen LogP contribution in [0.25, 0.3) is 0 Å². The minimum absolute atomic E-state index is 1.40. The molecule has 0 spiro atoms. The summed E-state index contributed by atoms with van der Waals surface area (Å²) in [5, 5.41) is 0. The third-order valence-corrected chi connectivity index (χ3v) is 8.78. The SMILES string of the molecule is CO[SiH](C)O[SiH](C)O[SiH](C)Cl. The van der Waals surface area contributed by atoms with Crippen LogP contribution < -0.4 is 0 Å². The van der Waals surface area contributed by atoms with Gasteiger partial charge in [0.05, 0.1) is 0 Å². The Hall–Kier alpha value is 0.821. The van der Waals surface area contributed by atoms with Crippen molar-refractivity contribution in [2.75, 3.05) is 7.11 Å². The van der Waals surface area contributed by atoms with Gasteiger partial charge in [-0.05, 0) is 19.6 Å². The first-order chi connectivity index (χ1) is 5.06. The van der Waals surface area contributed by atoms with Crippen molar-refractivity contribution in [1.29, 1.82) is 0 Å². The molecule has 7 heteroatoms. The van der Waals surface area contributed by atoms with E-state index in [9.17, 15) is 0 Å². The van der Waals surface area contributed by atoms with Crippen molar-refractivity contribution in [3.63, 3.8) is 0 Å². The van der Waals surface area contributed by atoms with Crippen LogP contribution >= 0.6 is 11.1 Å². The van der Waals surface area contributed by atoms with Crippen molar-refractivity contribution in [1.82, 2.24) is 0 Å². The smallest absolute Gasteiger partial charge is 0.308 e. The molecule has 3 atom stereocenters. The molecule has 3 nitrogen and oxygen atoms in total. The average molecular weight is 231 g/mol. The Morgan fingerprint density at radius 3 is 1.91 bits per heavy atom. The standard InChI is InChI=1S/C4H15ClO3Si3/c1-6-10(3)8-11(4)7-9(2)5/h9-11H,1-4H3. The van der Waals surface area contributed by atoms with Gasteiger partial charge in [0.2, 0.25) is 0 Å². The molecule has 0 amide bonds. The van der Waals surface area contributed by atoms with Gasteiger partial charge in [0, 0.05) is 7.11 Å². The maximum atomic E-state index is 5.75. The van der Waals surface area contributed by atoms with Crippen LogP contribution in [-0.2, 0) is 12.7 Å². The van der Waals surface area contributed by atoms with Gasteiger partial charge in [0.25, 0.3) is 17.6 Å². The summed E-state index contributed by atoms with van der Waals surface area (Å²) in [7, 11) is -2.62. The summed E-state index contributed by atoms with van der Waals surface area (Å²) in [6.07, 6.45) is 0. The Bertz CT molecular complexity index is 105. The maximum Gasteiger partial charge on any atom is 0.308 e. The fraction of sp³-hybridized carbons (Fsp3) is 1.00. The van der Waals surface area contributed by atoms with Crippen molar-refractivity contribution >= 4 is 38.0 Å². The van der Waals surface area contributed by atoms with Crippen LogP contribution in [0.1, 0.15) is 0 Å². The summed E-state index contributed by atoms with van der Waals surface area (Å²) >= 11 is 5.75. The second-order valence-corrected chi connectivity index (χ2v) is 10.0. The van der Waals surface area contributed by atoms with E-state index >= 15 is 0 Å². The van der Waals surface area contributed by atoms with Crippen LogP contribution in [-0.4, -0.2) is 34.0 Å². The fourth-order valence-electron chi connectivity index (χ4n) is 0.622. The van der Waals surface area contributed by atoms with E-state index in [1.54, 1.807) is 7.11 Å². The third-order valence-electron chi connectivity index (χ3n) is 1.09. The molecule has 3 unspecified atom stereocenters. The zero-order valence-corrected chi connectivity index (χ0v) is 11.6. The quantitative estimate of drug-likeness (QED) is 0.508. The molecule has 0 aromatic carbocycles. The van der Waals surface area contributed by atoms with Crippen LogP contribution in [0.4, 0.5) is 0 Å². The Balaban J connectivity index is 3.43. The molecule has 0 aliphatic heterocycles. The number of halogens is 1. The third kappa shape index (κ3) is 7.19. The highest BCUT2D eigenvalue weighted by atomic mass is 35.6. The summed E-state index contributed by atoms with van der Waals surface area (Å²) in [6.45, 7) is 5.88. The Morgan fingerprint density at radius 1 is 1.00 bits per heavy atom. The van der Waals surface area contributed by atoms with Crippen molar-refractivity contribution < 1.29 is 12.7 Å². The summed E-state index contributed by atoms with van der Waals surface area (Å²) in [5.41, 5.74) is 0. The van der Waals surface area contributed by atoms with E-state index < -0.39 is 26.9 Å². The van der Waals surface area contributed by atoms with Crippen molar-refractivity contribution in [3.05, 3.63) is 0 Å². The predicted octanol–water partition coefficient (Wildman–Crippen LogP) is 0.456. The highest BCUT2D eigenvalue weighted by molar-refractivity contribution is 7.04. The number of rotatable bonds is 5. The molecule has 0 aliphatic rings. The molecule has 0 aliphatic carbocycles. The molecule has 0 N–H and O–H groups in total. The highest BCUT2D eigenvalue weighted by Crippen LogP contribution is 1.98. The minimum Gasteiger partial charge on any atom is -0.429 e. The molecule has 0 saturated heterocycles. The first-order valence-electron chi connectivity index (χ1n) is 3.54. The molecule has 0 heterocycles. The van der Waals surface area contributed by atoms with E-state index in [4.69, 9.17) is 23.7 Å². The Labute approximate surface area is 77.7 Å². The van der Waals surface area contributed by atoms with Gasteiger partial charge in [-0.25, -0.2) is 0 Å². The summed E-state index contributed by atoms with van der Waals surface area (Å²) in [5.74, 6) is 0. The first-order valence-corrected chi connectivity index (χ1v) is 11.1. The lowest BCUT2D eigenvalue weighted by molar-refractivity contribution is 0.321. The topological polar surface area (TPSA) is 27.7 Å². The molecule has 11 heavy (non-hydrogen) atoms. The minimum atomic E-state index is -1.47. The lowest BCUT2D eigenvalue weighted by Gasteiger charge is -2.17. The number of hydrogen-bond donors (Lipinski definition) is 0. The lowest BCUT2D eigenvalue weighted by atomic mass is 11.8. The summed E-state index contributed by atoms with van der Waals surface area (Å²) < 4.78 is 15.9. The predicted molar refractivity (Wildman–Crippen MR) is 54.1 cm³/mol. The van der Waals surface area contributed by atoms with E-state index in [1.165, 1.54) is 0 Å². The van der Waals surface area contributed by atoms with E-state index in [-0.39, 0.29) is 0 Å². The van der Waals surface area contributed by atoms with Crippen molar-refractivity contribution in [3.8, 4) is 0 Å². The van der Waals surface area contributed by atoms with Crippen LogP contribution in [0.5, 0.6) is 0 Å². The molecular formula is C4H15ClO3Si3. The summed E-state index contributed by atoms with van der Waals surface area (Å²) in [4.78, 5) is 0. The highest BCUT2D eigenvalue weighted by Gasteiger charge is 2.14. The second-order valence-electron chi connectivity index (χ2n) is 2.19. The molecule has 0 rings (SSSR count). The number of hydrogen-bond acceptors (Lipinski definition) is 3. The molecule has 0 radical (unpaired) electrons. The largest absolute Gasteiger partial charge is 0.429 e. The van der Waals surface area contributed by atoms with Gasteiger partial charge in [-0.15, -0.1) is 11.1 Å². The molecule has 0 aromatic heterocycles. The van der Waals surface area contributed by atoms with Gasteiger partial charge in [-0.1, -0.05) is 0 Å². The maximum absolute atomic E-state index is 5.75. The average Bonchev–Trinajstić information content (AvgIpc) is 1.85. The molecule has 68 valence electrons. The molecule has 0 fully saturated rings. The van der Waals surface area contributed by atoms with Gasteiger partial charge in [0.1, 0.15) is 0 Å². The van der Waals surface area contributed by atoms with Gasteiger partial charge in [-0.2, -0.15) is 0 Å². The molecular weight excluding hydrogens is 216 g/mol. The summed E-state index contributed by atoms with van der Waals surface area (Å²) in [6, 6.07) is 0. The molecule has 0 aromatic rings. The normalized spacial score (nSPS) is 19.4. The van der Waals surface area contributed by atoms with Crippen LogP contribution in [0.2, 0.25) is 19.6 Å². The first kappa shape index (κ1) is 11.8. The van der Waals surface area contributed by atoms with Gasteiger partial charge in [0.15, 0.2) is 0 Å². The zero-order chi connectivity index (χ0) is 8.85. The van der Waals surface area contributed by atoms with E-state index in [2.05, 4.69) is 0 Å². The zero-order valence-electron chi connectivity index (χ0n) is 7.33. The molecule has 0 bridgehead atoms. The van der Waals surface area contributed by atoms with Crippen molar-refractivity contribution in [2.24, 2.45) is 0 Å². The second kappa shape index (κ2) is 6.35. The molecule has 0 saturated carbocycles. The Morgan fingerprint density at radius 2 is 1.55 bits per heavy atom. The monoisotopic (exact) mass is 230 g/mol. The van der Waals surface area contributed by atoms with Gasteiger partial charge in [-0.3, -0.25) is 0 Å². The van der Waals surface area contributed by atoms with E-state index in [0.29, 0.717) is 0 Å². The Kier molecular flexibility index (Phi) is 6.82. The van der Waals surface area contributed by atoms with Gasteiger partial charge < -0.3 is 12.7 Å².